The summed E-state index contributed by atoms with van der Waals surface area (Å²) in [5, 5.41) is 2.96. The third-order valence-electron chi connectivity index (χ3n) is 5.08. The molecule has 0 saturated carbocycles. The molecule has 0 unspecified atom stereocenters. The maximum absolute atomic E-state index is 13.5. The first kappa shape index (κ1) is 20.0. The highest BCUT2D eigenvalue weighted by Crippen LogP contribution is 2.20. The van der Waals surface area contributed by atoms with Gasteiger partial charge in [0.15, 0.2) is 0 Å². The fraction of sp³-hybridized carbons (Fsp3) is 0.182. The molecule has 2 aromatic heterocycles. The van der Waals surface area contributed by atoms with Crippen molar-refractivity contribution in [2.75, 3.05) is 4.90 Å². The average Bonchev–Trinajstić information content (AvgIpc) is 3.15. The SMILES string of the molecule is Cc1ccccc1C(=O)N(Cc1ccc(Br)cc1)c1nc2nc(C)c(C)c(=O)n2[nH]1. The Morgan fingerprint density at radius 1 is 1.07 bits per heavy atom. The second-order valence-electron chi connectivity index (χ2n) is 7.14. The van der Waals surface area contributed by atoms with Crippen molar-refractivity contribution in [2.45, 2.75) is 27.3 Å². The van der Waals surface area contributed by atoms with Gasteiger partial charge in [0.05, 0.1) is 6.54 Å². The largest absolute Gasteiger partial charge is 0.277 e. The molecule has 0 bridgehead atoms. The first-order valence-corrected chi connectivity index (χ1v) is 10.2. The summed E-state index contributed by atoms with van der Waals surface area (Å²) in [6, 6.07) is 15.1. The van der Waals surface area contributed by atoms with Crippen LogP contribution in [0.15, 0.2) is 57.8 Å². The van der Waals surface area contributed by atoms with Crippen molar-refractivity contribution in [3.8, 4) is 0 Å². The third kappa shape index (κ3) is 3.66. The molecule has 0 aliphatic rings. The minimum atomic E-state index is -0.233. The third-order valence-corrected chi connectivity index (χ3v) is 5.61. The van der Waals surface area contributed by atoms with Crippen LogP contribution in [-0.4, -0.2) is 25.5 Å². The molecule has 7 nitrogen and oxygen atoms in total. The number of fused-ring (bicyclic) bond motifs is 1. The van der Waals surface area contributed by atoms with E-state index in [1.165, 1.54) is 9.42 Å². The first-order valence-electron chi connectivity index (χ1n) is 9.43. The molecule has 0 fully saturated rings. The Bertz CT molecular complexity index is 1310. The molecule has 4 rings (SSSR count). The highest BCUT2D eigenvalue weighted by Gasteiger charge is 2.24. The molecule has 2 heterocycles. The predicted octanol–water partition coefficient (Wildman–Crippen LogP) is 3.95. The minimum Gasteiger partial charge on any atom is -0.272 e. The molecular weight excluding hydrogens is 446 g/mol. The van der Waals surface area contributed by atoms with E-state index in [-0.39, 0.29) is 29.7 Å². The van der Waals surface area contributed by atoms with Crippen molar-refractivity contribution in [3.05, 3.63) is 91.3 Å². The van der Waals surface area contributed by atoms with Crippen LogP contribution >= 0.6 is 15.9 Å². The lowest BCUT2D eigenvalue weighted by Crippen LogP contribution is -2.32. The zero-order valence-corrected chi connectivity index (χ0v) is 18.4. The minimum absolute atomic E-state index is 0.212. The number of H-pyrrole nitrogens is 1. The summed E-state index contributed by atoms with van der Waals surface area (Å²) in [6.07, 6.45) is 0. The van der Waals surface area contributed by atoms with E-state index in [1.54, 1.807) is 19.9 Å². The molecule has 1 amide bonds. The second kappa shape index (κ2) is 7.87. The van der Waals surface area contributed by atoms with E-state index < -0.39 is 0 Å². The predicted molar refractivity (Wildman–Crippen MR) is 119 cm³/mol. The summed E-state index contributed by atoms with van der Waals surface area (Å²) in [4.78, 5) is 36.5. The van der Waals surface area contributed by atoms with Crippen molar-refractivity contribution in [1.82, 2.24) is 19.6 Å². The van der Waals surface area contributed by atoms with Gasteiger partial charge in [0, 0.05) is 21.3 Å². The number of nitrogens with one attached hydrogen (secondary N) is 1. The molecule has 1 N–H and O–H groups in total. The lowest BCUT2D eigenvalue weighted by atomic mass is 10.1. The number of aromatic amines is 1. The number of amides is 1. The summed E-state index contributed by atoms with van der Waals surface area (Å²) >= 11 is 3.43. The van der Waals surface area contributed by atoms with Gasteiger partial charge in [-0.15, -0.1) is 0 Å². The van der Waals surface area contributed by atoms with Crippen molar-refractivity contribution in [1.29, 1.82) is 0 Å². The molecule has 0 atom stereocenters. The number of aryl methyl sites for hydroxylation is 2. The quantitative estimate of drug-likeness (QED) is 0.494. The van der Waals surface area contributed by atoms with Gasteiger partial charge in [-0.1, -0.05) is 46.3 Å². The number of rotatable bonds is 4. The van der Waals surface area contributed by atoms with E-state index >= 15 is 0 Å². The summed E-state index contributed by atoms with van der Waals surface area (Å²) in [7, 11) is 0. The molecule has 0 radical (unpaired) electrons. The lowest BCUT2D eigenvalue weighted by molar-refractivity contribution is 0.0983. The Kier molecular flexibility index (Phi) is 5.26. The van der Waals surface area contributed by atoms with Crippen LogP contribution in [0.3, 0.4) is 0 Å². The lowest BCUT2D eigenvalue weighted by Gasteiger charge is -2.21. The summed E-state index contributed by atoms with van der Waals surface area (Å²) in [5.41, 5.74) is 3.27. The Morgan fingerprint density at radius 3 is 2.47 bits per heavy atom. The number of carbonyl (C=O) groups is 1. The fourth-order valence-electron chi connectivity index (χ4n) is 3.19. The number of nitrogens with zero attached hydrogens (tertiary/aromatic N) is 4. The summed E-state index contributed by atoms with van der Waals surface area (Å²) < 4.78 is 2.23. The van der Waals surface area contributed by atoms with Gasteiger partial charge in [-0.2, -0.15) is 9.50 Å². The van der Waals surface area contributed by atoms with Crippen LogP contribution in [0.25, 0.3) is 5.78 Å². The smallest absolute Gasteiger partial charge is 0.272 e. The van der Waals surface area contributed by atoms with Crippen molar-refractivity contribution in [2.24, 2.45) is 0 Å². The summed E-state index contributed by atoms with van der Waals surface area (Å²) in [5.74, 6) is 0.286. The maximum Gasteiger partial charge on any atom is 0.277 e. The van der Waals surface area contributed by atoms with Gasteiger partial charge in [-0.25, -0.2) is 4.98 Å². The van der Waals surface area contributed by atoms with Gasteiger partial charge >= 0.3 is 0 Å². The van der Waals surface area contributed by atoms with Crippen LogP contribution in [0, 0.1) is 20.8 Å². The topological polar surface area (TPSA) is 83.4 Å². The van der Waals surface area contributed by atoms with Crippen molar-refractivity contribution >= 4 is 33.6 Å². The molecule has 0 aliphatic heterocycles. The molecule has 30 heavy (non-hydrogen) atoms. The highest BCUT2D eigenvalue weighted by molar-refractivity contribution is 9.10. The van der Waals surface area contributed by atoms with E-state index in [9.17, 15) is 9.59 Å². The molecule has 0 aliphatic carbocycles. The number of anilines is 1. The molecule has 2 aromatic carbocycles. The molecule has 0 saturated heterocycles. The standard InChI is InChI=1S/C22H20BrN5O2/c1-13-6-4-5-7-18(13)20(30)27(12-16-8-10-17(23)11-9-16)22-25-21-24-15(3)14(2)19(29)28(21)26-22/h4-11H,12H2,1-3H3,(H,24,25,26). The summed E-state index contributed by atoms with van der Waals surface area (Å²) in [6.45, 7) is 5.66. The number of aromatic nitrogens is 4. The van der Waals surface area contributed by atoms with Crippen LogP contribution in [0.5, 0.6) is 0 Å². The van der Waals surface area contributed by atoms with Crippen molar-refractivity contribution < 1.29 is 4.79 Å². The number of carbonyl (C=O) groups excluding carboxylic acids is 1. The van der Waals surface area contributed by atoms with Crippen LogP contribution in [0.4, 0.5) is 5.95 Å². The molecule has 152 valence electrons. The van der Waals surface area contributed by atoms with Gasteiger partial charge in [0.1, 0.15) is 0 Å². The Hall–Kier alpha value is -3.26. The van der Waals surface area contributed by atoms with Crippen LogP contribution in [0.2, 0.25) is 0 Å². The number of benzene rings is 2. The van der Waals surface area contributed by atoms with E-state index in [2.05, 4.69) is 31.0 Å². The van der Waals surface area contributed by atoms with Crippen molar-refractivity contribution in [3.63, 3.8) is 0 Å². The maximum atomic E-state index is 13.5. The van der Waals surface area contributed by atoms with Crippen LogP contribution in [-0.2, 0) is 6.54 Å². The van der Waals surface area contributed by atoms with E-state index in [1.807, 2.05) is 49.4 Å². The molecular formula is C22H20BrN5O2. The molecule has 8 heteroatoms. The van der Waals surface area contributed by atoms with Crippen LogP contribution in [0.1, 0.15) is 32.7 Å². The van der Waals surface area contributed by atoms with Gasteiger partial charge < -0.3 is 0 Å². The second-order valence-corrected chi connectivity index (χ2v) is 8.06. The number of halogens is 1. The number of hydrogen-bond donors (Lipinski definition) is 1. The highest BCUT2D eigenvalue weighted by atomic mass is 79.9. The number of hydrogen-bond acceptors (Lipinski definition) is 4. The molecule has 4 aromatic rings. The zero-order valence-electron chi connectivity index (χ0n) is 16.8. The Morgan fingerprint density at radius 2 is 1.77 bits per heavy atom. The Labute approximate surface area is 181 Å². The van der Waals surface area contributed by atoms with Crippen LogP contribution < -0.4 is 10.5 Å². The van der Waals surface area contributed by atoms with Gasteiger partial charge in [0.2, 0.25) is 5.95 Å². The normalized spacial score (nSPS) is 11.1. The van der Waals surface area contributed by atoms with Gasteiger partial charge in [-0.05, 0) is 50.1 Å². The zero-order chi connectivity index (χ0) is 21.4. The van der Waals surface area contributed by atoms with E-state index in [0.717, 1.165) is 15.6 Å². The van der Waals surface area contributed by atoms with E-state index in [0.29, 0.717) is 16.8 Å². The van der Waals surface area contributed by atoms with E-state index in [4.69, 9.17) is 0 Å². The van der Waals surface area contributed by atoms with Gasteiger partial charge in [-0.3, -0.25) is 19.6 Å². The first-order chi connectivity index (χ1) is 14.3. The monoisotopic (exact) mass is 465 g/mol. The molecule has 0 spiro atoms. The Balaban J connectivity index is 1.84. The van der Waals surface area contributed by atoms with Gasteiger partial charge in [0.25, 0.3) is 17.2 Å². The fourth-order valence-corrected chi connectivity index (χ4v) is 3.45. The average molecular weight is 466 g/mol.